The van der Waals surface area contributed by atoms with E-state index in [4.69, 9.17) is 0 Å². The van der Waals surface area contributed by atoms with Crippen LogP contribution in [-0.4, -0.2) is 24.1 Å². The molecule has 1 rings (SSSR count). The third-order valence-electron chi connectivity index (χ3n) is 2.38. The van der Waals surface area contributed by atoms with Crippen LogP contribution in [0.3, 0.4) is 0 Å². The molecular formula is C15H16O4. The van der Waals surface area contributed by atoms with Gasteiger partial charge in [0.15, 0.2) is 5.78 Å². The normalized spacial score (nSPS) is 10.4. The van der Waals surface area contributed by atoms with Crippen molar-refractivity contribution in [2.45, 2.75) is 20.3 Å². The van der Waals surface area contributed by atoms with Gasteiger partial charge in [-0.3, -0.25) is 9.59 Å². The zero-order valence-corrected chi connectivity index (χ0v) is 11.0. The molecule has 1 aromatic carbocycles. The number of ketones is 2. The predicted molar refractivity (Wildman–Crippen MR) is 71.5 cm³/mol. The predicted octanol–water partition coefficient (Wildman–Crippen LogP) is 2.10. The Morgan fingerprint density at radius 1 is 1.16 bits per heavy atom. The maximum absolute atomic E-state index is 11.5. The van der Waals surface area contributed by atoms with Crippen molar-refractivity contribution in [3.8, 4) is 0 Å². The van der Waals surface area contributed by atoms with Crippen LogP contribution in [0.5, 0.6) is 0 Å². The number of aryl methyl sites for hydroxylation is 1. The first-order chi connectivity index (χ1) is 9.02. The Balaban J connectivity index is 2.53. The lowest BCUT2D eigenvalue weighted by Crippen LogP contribution is -2.19. The summed E-state index contributed by atoms with van der Waals surface area (Å²) in [5, 5.41) is 0. The average molecular weight is 260 g/mol. The molecule has 0 fully saturated rings. The van der Waals surface area contributed by atoms with E-state index in [1.807, 2.05) is 31.2 Å². The molecule has 0 atom stereocenters. The summed E-state index contributed by atoms with van der Waals surface area (Å²) in [7, 11) is 0. The Kier molecular flexibility index (Phi) is 5.67. The number of carbonyl (C=O) groups is 3. The molecule has 0 aliphatic heterocycles. The number of hydrogen-bond donors (Lipinski definition) is 0. The summed E-state index contributed by atoms with van der Waals surface area (Å²) >= 11 is 0. The highest BCUT2D eigenvalue weighted by Gasteiger charge is 2.17. The van der Waals surface area contributed by atoms with Crippen LogP contribution in [0.4, 0.5) is 0 Å². The quantitative estimate of drug-likeness (QED) is 0.340. The lowest BCUT2D eigenvalue weighted by molar-refractivity contribution is -0.154. The summed E-state index contributed by atoms with van der Waals surface area (Å²) in [4.78, 5) is 33.8. The van der Waals surface area contributed by atoms with Crippen LogP contribution >= 0.6 is 0 Å². The van der Waals surface area contributed by atoms with E-state index in [0.29, 0.717) is 0 Å². The van der Waals surface area contributed by atoms with E-state index in [9.17, 15) is 14.4 Å². The summed E-state index contributed by atoms with van der Waals surface area (Å²) in [5.74, 6) is -2.20. The first-order valence-corrected chi connectivity index (χ1v) is 6.00. The highest BCUT2D eigenvalue weighted by atomic mass is 16.5. The maximum Gasteiger partial charge on any atom is 0.375 e. The summed E-state index contributed by atoms with van der Waals surface area (Å²) in [6, 6.07) is 7.58. The summed E-state index contributed by atoms with van der Waals surface area (Å²) < 4.78 is 4.52. The van der Waals surface area contributed by atoms with Crippen molar-refractivity contribution in [1.29, 1.82) is 0 Å². The van der Waals surface area contributed by atoms with Gasteiger partial charge in [0.05, 0.1) is 13.0 Å². The van der Waals surface area contributed by atoms with Crippen molar-refractivity contribution >= 4 is 23.6 Å². The third-order valence-corrected chi connectivity index (χ3v) is 2.38. The van der Waals surface area contributed by atoms with Crippen molar-refractivity contribution in [3.05, 3.63) is 41.5 Å². The Morgan fingerprint density at radius 2 is 1.79 bits per heavy atom. The van der Waals surface area contributed by atoms with Crippen LogP contribution in [0.25, 0.3) is 6.08 Å². The van der Waals surface area contributed by atoms with E-state index in [1.54, 1.807) is 13.0 Å². The summed E-state index contributed by atoms with van der Waals surface area (Å²) in [6.07, 6.45) is 2.45. The number of allylic oxidation sites excluding steroid dienone is 1. The first kappa shape index (κ1) is 14.8. The molecule has 0 heterocycles. The van der Waals surface area contributed by atoms with Crippen molar-refractivity contribution in [3.63, 3.8) is 0 Å². The van der Waals surface area contributed by atoms with Crippen LogP contribution in [-0.2, 0) is 19.1 Å². The lowest BCUT2D eigenvalue weighted by Gasteiger charge is -1.98. The van der Waals surface area contributed by atoms with E-state index in [1.165, 1.54) is 6.08 Å². The molecule has 0 N–H and O–H groups in total. The number of carbonyl (C=O) groups excluding carboxylic acids is 3. The molecule has 0 aromatic heterocycles. The second kappa shape index (κ2) is 7.26. The monoisotopic (exact) mass is 260 g/mol. The Bertz CT molecular complexity index is 497. The van der Waals surface area contributed by atoms with E-state index in [2.05, 4.69) is 4.74 Å². The van der Waals surface area contributed by atoms with Gasteiger partial charge in [-0.2, -0.15) is 0 Å². The van der Waals surface area contributed by atoms with Crippen LogP contribution in [0.1, 0.15) is 24.5 Å². The fourth-order valence-electron chi connectivity index (χ4n) is 1.37. The zero-order valence-electron chi connectivity index (χ0n) is 11.0. The van der Waals surface area contributed by atoms with Crippen molar-refractivity contribution in [2.24, 2.45) is 0 Å². The van der Waals surface area contributed by atoms with Gasteiger partial charge < -0.3 is 4.74 Å². The number of hydrogen-bond acceptors (Lipinski definition) is 4. The molecule has 0 spiro atoms. The molecule has 0 radical (unpaired) electrons. The van der Waals surface area contributed by atoms with Gasteiger partial charge in [0.25, 0.3) is 0 Å². The number of rotatable bonds is 6. The molecule has 0 saturated heterocycles. The fourth-order valence-corrected chi connectivity index (χ4v) is 1.37. The molecule has 19 heavy (non-hydrogen) atoms. The van der Waals surface area contributed by atoms with Crippen LogP contribution in [0.15, 0.2) is 30.3 Å². The van der Waals surface area contributed by atoms with E-state index in [-0.39, 0.29) is 6.61 Å². The van der Waals surface area contributed by atoms with E-state index >= 15 is 0 Å². The van der Waals surface area contributed by atoms with Crippen LogP contribution in [0.2, 0.25) is 0 Å². The molecule has 0 aliphatic rings. The number of Topliss-reactive ketones (excluding diaryl/α,β-unsaturated/α-hetero) is 1. The molecule has 1 aromatic rings. The average Bonchev–Trinajstić information content (AvgIpc) is 2.38. The van der Waals surface area contributed by atoms with Crippen LogP contribution < -0.4 is 0 Å². The lowest BCUT2D eigenvalue weighted by atomic mass is 10.1. The first-order valence-electron chi connectivity index (χ1n) is 6.00. The van der Waals surface area contributed by atoms with Gasteiger partial charge in [0.1, 0.15) is 0 Å². The molecule has 0 unspecified atom stereocenters. The summed E-state index contributed by atoms with van der Waals surface area (Å²) in [6.45, 7) is 3.69. The van der Waals surface area contributed by atoms with Gasteiger partial charge in [-0.05, 0) is 25.5 Å². The van der Waals surface area contributed by atoms with Gasteiger partial charge in [0, 0.05) is 0 Å². The smallest absolute Gasteiger partial charge is 0.375 e. The number of benzene rings is 1. The molecule has 4 nitrogen and oxygen atoms in total. The SMILES string of the molecule is CCOC(=O)C(=O)CC(=O)C=Cc1ccc(C)cc1. The van der Waals surface area contributed by atoms with Gasteiger partial charge in [-0.25, -0.2) is 4.79 Å². The minimum absolute atomic E-state index is 0.123. The molecule has 4 heteroatoms. The Hall–Kier alpha value is -2.23. The topological polar surface area (TPSA) is 60.4 Å². The van der Waals surface area contributed by atoms with Gasteiger partial charge in [0.2, 0.25) is 5.78 Å². The van der Waals surface area contributed by atoms with E-state index in [0.717, 1.165) is 11.1 Å². The zero-order chi connectivity index (χ0) is 14.3. The second-order valence-corrected chi connectivity index (χ2v) is 4.03. The standard InChI is InChI=1S/C15H16O4/c1-3-19-15(18)14(17)10-13(16)9-8-12-6-4-11(2)5-7-12/h4-9H,3,10H2,1-2H3. The largest absolute Gasteiger partial charge is 0.460 e. The second-order valence-electron chi connectivity index (χ2n) is 4.03. The number of esters is 1. The highest BCUT2D eigenvalue weighted by Crippen LogP contribution is 2.05. The van der Waals surface area contributed by atoms with Gasteiger partial charge >= 0.3 is 5.97 Å². The molecule has 0 bridgehead atoms. The third kappa shape index (κ3) is 5.29. The minimum atomic E-state index is -0.959. The highest BCUT2D eigenvalue weighted by molar-refractivity contribution is 6.37. The number of ether oxygens (including phenoxy) is 1. The molecule has 100 valence electrons. The van der Waals surface area contributed by atoms with Crippen molar-refractivity contribution in [2.75, 3.05) is 6.61 Å². The molecular weight excluding hydrogens is 244 g/mol. The molecule has 0 aliphatic carbocycles. The Labute approximate surface area is 112 Å². The van der Waals surface area contributed by atoms with Crippen molar-refractivity contribution in [1.82, 2.24) is 0 Å². The summed E-state index contributed by atoms with van der Waals surface area (Å²) in [5.41, 5.74) is 1.99. The maximum atomic E-state index is 11.5. The van der Waals surface area contributed by atoms with Gasteiger partial charge in [-0.1, -0.05) is 35.9 Å². The minimum Gasteiger partial charge on any atom is -0.460 e. The van der Waals surface area contributed by atoms with Crippen molar-refractivity contribution < 1.29 is 19.1 Å². The molecule has 0 saturated carbocycles. The Morgan fingerprint density at radius 3 is 2.37 bits per heavy atom. The fraction of sp³-hybridized carbons (Fsp3) is 0.267. The van der Waals surface area contributed by atoms with Crippen LogP contribution in [0, 0.1) is 6.92 Å². The van der Waals surface area contributed by atoms with E-state index < -0.39 is 24.0 Å². The van der Waals surface area contributed by atoms with Gasteiger partial charge in [-0.15, -0.1) is 0 Å². The molecule has 0 amide bonds.